The van der Waals surface area contributed by atoms with Gasteiger partial charge in [-0.3, -0.25) is 9.69 Å². The second-order valence-electron chi connectivity index (χ2n) is 7.35. The van der Waals surface area contributed by atoms with Crippen molar-refractivity contribution in [3.63, 3.8) is 0 Å². The Morgan fingerprint density at radius 3 is 2.46 bits per heavy atom. The standard InChI is InChI=1S/C20H29N3O3/c24-20(17-3-1-4-18(15-17)21-7-11-25-12-8-21)23-6-2-5-19(16-23)22-9-13-26-14-10-22/h1,3-4,15,19H,2,5-14,16H2/t19-/m0/s1. The molecule has 3 fully saturated rings. The number of benzene rings is 1. The largest absolute Gasteiger partial charge is 0.379 e. The Morgan fingerprint density at radius 2 is 1.69 bits per heavy atom. The fraction of sp³-hybridized carbons (Fsp3) is 0.650. The molecule has 1 aromatic rings. The van der Waals surface area contributed by atoms with Gasteiger partial charge in [0.05, 0.1) is 26.4 Å². The summed E-state index contributed by atoms with van der Waals surface area (Å²) in [6.07, 6.45) is 2.26. The van der Waals surface area contributed by atoms with Crippen LogP contribution in [0.4, 0.5) is 5.69 Å². The van der Waals surface area contributed by atoms with E-state index in [0.29, 0.717) is 6.04 Å². The van der Waals surface area contributed by atoms with Crippen molar-refractivity contribution in [1.29, 1.82) is 0 Å². The Bertz CT molecular complexity index is 612. The Morgan fingerprint density at radius 1 is 0.962 bits per heavy atom. The third-order valence-electron chi connectivity index (χ3n) is 5.72. The molecular formula is C20H29N3O3. The summed E-state index contributed by atoms with van der Waals surface area (Å²) in [4.78, 5) is 19.9. The predicted octanol–water partition coefficient (Wildman–Crippen LogP) is 1.46. The molecule has 0 N–H and O–H groups in total. The average molecular weight is 359 g/mol. The first kappa shape index (κ1) is 17.8. The van der Waals surface area contributed by atoms with Crippen LogP contribution < -0.4 is 4.90 Å². The maximum Gasteiger partial charge on any atom is 0.253 e. The van der Waals surface area contributed by atoms with Gasteiger partial charge in [0.25, 0.3) is 5.91 Å². The molecule has 3 heterocycles. The topological polar surface area (TPSA) is 45.2 Å². The van der Waals surface area contributed by atoms with Crippen LogP contribution >= 0.6 is 0 Å². The molecule has 3 saturated heterocycles. The van der Waals surface area contributed by atoms with Crippen LogP contribution in [-0.2, 0) is 9.47 Å². The van der Waals surface area contributed by atoms with Crippen molar-refractivity contribution in [1.82, 2.24) is 9.80 Å². The third-order valence-corrected chi connectivity index (χ3v) is 5.72. The molecule has 3 aliphatic heterocycles. The summed E-state index contributed by atoms with van der Waals surface area (Å²) in [6.45, 7) is 8.58. The number of nitrogens with zero attached hydrogens (tertiary/aromatic N) is 3. The highest BCUT2D eigenvalue weighted by molar-refractivity contribution is 5.95. The number of ether oxygens (including phenoxy) is 2. The lowest BCUT2D eigenvalue weighted by atomic mass is 10.0. The van der Waals surface area contributed by atoms with Crippen LogP contribution in [-0.4, -0.2) is 87.4 Å². The van der Waals surface area contributed by atoms with Gasteiger partial charge in [-0.2, -0.15) is 0 Å². The second-order valence-corrected chi connectivity index (χ2v) is 7.35. The molecule has 142 valence electrons. The summed E-state index contributed by atoms with van der Waals surface area (Å²) in [5, 5.41) is 0. The molecule has 1 atom stereocenters. The zero-order valence-electron chi connectivity index (χ0n) is 15.4. The van der Waals surface area contributed by atoms with Gasteiger partial charge in [-0.1, -0.05) is 6.07 Å². The second kappa shape index (κ2) is 8.37. The Balaban J connectivity index is 1.43. The number of hydrogen-bond donors (Lipinski definition) is 0. The molecule has 1 amide bonds. The maximum absolute atomic E-state index is 13.1. The van der Waals surface area contributed by atoms with Crippen molar-refractivity contribution < 1.29 is 14.3 Å². The molecule has 0 radical (unpaired) electrons. The van der Waals surface area contributed by atoms with E-state index in [4.69, 9.17) is 9.47 Å². The smallest absolute Gasteiger partial charge is 0.253 e. The van der Waals surface area contributed by atoms with E-state index in [0.717, 1.165) is 83.4 Å². The van der Waals surface area contributed by atoms with Gasteiger partial charge < -0.3 is 19.3 Å². The summed E-state index contributed by atoms with van der Waals surface area (Å²) in [5.74, 6) is 0.165. The molecule has 0 bridgehead atoms. The highest BCUT2D eigenvalue weighted by atomic mass is 16.5. The zero-order valence-corrected chi connectivity index (χ0v) is 15.4. The van der Waals surface area contributed by atoms with E-state index in [1.165, 1.54) is 6.42 Å². The zero-order chi connectivity index (χ0) is 17.8. The lowest BCUT2D eigenvalue weighted by molar-refractivity contribution is -0.00120. The van der Waals surface area contributed by atoms with E-state index < -0.39 is 0 Å². The number of piperidine rings is 1. The van der Waals surface area contributed by atoms with E-state index in [9.17, 15) is 4.79 Å². The van der Waals surface area contributed by atoms with Crippen LogP contribution in [0.3, 0.4) is 0 Å². The first-order chi connectivity index (χ1) is 12.8. The van der Waals surface area contributed by atoms with E-state index >= 15 is 0 Å². The van der Waals surface area contributed by atoms with Crippen LogP contribution in [0.25, 0.3) is 0 Å². The molecule has 3 aliphatic rings. The molecule has 1 aromatic carbocycles. The fourth-order valence-electron chi connectivity index (χ4n) is 4.22. The highest BCUT2D eigenvalue weighted by Crippen LogP contribution is 2.22. The van der Waals surface area contributed by atoms with Crippen LogP contribution in [0.15, 0.2) is 24.3 Å². The van der Waals surface area contributed by atoms with Crippen molar-refractivity contribution in [2.24, 2.45) is 0 Å². The molecule has 0 spiro atoms. The molecule has 0 unspecified atom stereocenters. The minimum absolute atomic E-state index is 0.165. The van der Waals surface area contributed by atoms with Gasteiger partial charge in [0.1, 0.15) is 0 Å². The van der Waals surface area contributed by atoms with Crippen molar-refractivity contribution in [3.05, 3.63) is 29.8 Å². The summed E-state index contributed by atoms with van der Waals surface area (Å²) in [7, 11) is 0. The van der Waals surface area contributed by atoms with Gasteiger partial charge in [-0.05, 0) is 31.0 Å². The lowest BCUT2D eigenvalue weighted by Crippen LogP contribution is -2.52. The first-order valence-electron chi connectivity index (χ1n) is 9.85. The molecule has 0 saturated carbocycles. The van der Waals surface area contributed by atoms with Crippen molar-refractivity contribution in [3.8, 4) is 0 Å². The lowest BCUT2D eigenvalue weighted by Gasteiger charge is -2.41. The van der Waals surface area contributed by atoms with E-state index in [-0.39, 0.29) is 5.91 Å². The number of rotatable bonds is 3. The van der Waals surface area contributed by atoms with E-state index in [1.807, 2.05) is 23.1 Å². The van der Waals surface area contributed by atoms with Gasteiger partial charge in [0, 0.05) is 56.6 Å². The van der Waals surface area contributed by atoms with E-state index in [2.05, 4.69) is 15.9 Å². The van der Waals surface area contributed by atoms with E-state index in [1.54, 1.807) is 0 Å². The number of carbonyl (C=O) groups is 1. The van der Waals surface area contributed by atoms with Crippen LogP contribution in [0.2, 0.25) is 0 Å². The number of amides is 1. The molecule has 0 aromatic heterocycles. The van der Waals surface area contributed by atoms with Crippen LogP contribution in [0.1, 0.15) is 23.2 Å². The summed E-state index contributed by atoms with van der Waals surface area (Å²) in [6, 6.07) is 8.56. The number of morpholine rings is 2. The molecule has 6 heteroatoms. The van der Waals surface area contributed by atoms with Crippen molar-refractivity contribution in [2.45, 2.75) is 18.9 Å². The fourth-order valence-corrected chi connectivity index (χ4v) is 4.22. The Kier molecular flexibility index (Phi) is 5.72. The van der Waals surface area contributed by atoms with Crippen LogP contribution in [0, 0.1) is 0 Å². The maximum atomic E-state index is 13.1. The quantitative estimate of drug-likeness (QED) is 0.818. The summed E-state index contributed by atoms with van der Waals surface area (Å²) in [5.41, 5.74) is 1.93. The molecule has 26 heavy (non-hydrogen) atoms. The predicted molar refractivity (Wildman–Crippen MR) is 101 cm³/mol. The molecule has 0 aliphatic carbocycles. The van der Waals surface area contributed by atoms with Gasteiger partial charge in [0.2, 0.25) is 0 Å². The van der Waals surface area contributed by atoms with Gasteiger partial charge in [-0.15, -0.1) is 0 Å². The third kappa shape index (κ3) is 4.03. The van der Waals surface area contributed by atoms with Crippen LogP contribution in [0.5, 0.6) is 0 Å². The monoisotopic (exact) mass is 359 g/mol. The number of likely N-dealkylation sites (tertiary alicyclic amines) is 1. The SMILES string of the molecule is O=C(c1cccc(N2CCOCC2)c1)N1CCC[C@H](N2CCOCC2)C1. The van der Waals surface area contributed by atoms with Crippen molar-refractivity contribution in [2.75, 3.05) is 70.6 Å². The number of hydrogen-bond acceptors (Lipinski definition) is 5. The Hall–Kier alpha value is -1.63. The average Bonchev–Trinajstić information content (AvgIpc) is 2.75. The minimum Gasteiger partial charge on any atom is -0.379 e. The number of anilines is 1. The van der Waals surface area contributed by atoms with Gasteiger partial charge in [-0.25, -0.2) is 0 Å². The first-order valence-corrected chi connectivity index (χ1v) is 9.85. The van der Waals surface area contributed by atoms with Crippen molar-refractivity contribution >= 4 is 11.6 Å². The summed E-state index contributed by atoms with van der Waals surface area (Å²) >= 11 is 0. The molecular weight excluding hydrogens is 330 g/mol. The molecule has 6 nitrogen and oxygen atoms in total. The van der Waals surface area contributed by atoms with Gasteiger partial charge >= 0.3 is 0 Å². The highest BCUT2D eigenvalue weighted by Gasteiger charge is 2.29. The van der Waals surface area contributed by atoms with Gasteiger partial charge in [0.15, 0.2) is 0 Å². The molecule has 4 rings (SSSR count). The summed E-state index contributed by atoms with van der Waals surface area (Å²) < 4.78 is 10.9. The number of carbonyl (C=O) groups excluding carboxylic acids is 1. The Labute approximate surface area is 155 Å². The minimum atomic E-state index is 0.165. The normalized spacial score (nSPS) is 25.3.